The van der Waals surface area contributed by atoms with E-state index < -0.39 is 0 Å². The van der Waals surface area contributed by atoms with Crippen molar-refractivity contribution in [3.63, 3.8) is 0 Å². The summed E-state index contributed by atoms with van der Waals surface area (Å²) in [5.74, 6) is 2.31. The quantitative estimate of drug-likeness (QED) is 0.251. The number of nitrogens with zero attached hydrogens (tertiary/aromatic N) is 9. The summed E-state index contributed by atoms with van der Waals surface area (Å²) in [7, 11) is 0. The maximum atomic E-state index is 6.39. The smallest absolute Gasteiger partial charge is 0.188 e. The molecule has 13 heteroatoms. The first kappa shape index (κ1) is 25.4. The molecule has 190 valence electrons. The van der Waals surface area contributed by atoms with Crippen molar-refractivity contribution in [3.8, 4) is 16.3 Å². The summed E-state index contributed by atoms with van der Waals surface area (Å²) in [6, 6.07) is 7.72. The summed E-state index contributed by atoms with van der Waals surface area (Å²) in [6.45, 7) is 9.15. The molecule has 0 amide bonds. The van der Waals surface area contributed by atoms with Crippen LogP contribution in [0.25, 0.3) is 16.3 Å². The third kappa shape index (κ3) is 6.00. The summed E-state index contributed by atoms with van der Waals surface area (Å²) >= 11 is 12.5. The number of hydrogen-bond donors (Lipinski definition) is 1. The molecule has 0 aliphatic carbocycles. The van der Waals surface area contributed by atoms with Crippen LogP contribution in [0.3, 0.4) is 0 Å². The highest BCUT2D eigenvalue weighted by Gasteiger charge is 2.19. The highest BCUT2D eigenvalue weighted by molar-refractivity contribution is 7.78. The minimum atomic E-state index is 0.625. The zero-order chi connectivity index (χ0) is 25.8. The number of para-hydroxylation sites is 1. The molecule has 1 aliphatic heterocycles. The molecule has 4 heterocycles. The molecule has 0 atom stereocenters. The minimum absolute atomic E-state index is 0.625. The normalized spacial score (nSPS) is 14.0. The Morgan fingerprint density at radius 1 is 1.19 bits per heavy atom. The van der Waals surface area contributed by atoms with E-state index in [0.29, 0.717) is 28.3 Å². The van der Waals surface area contributed by atoms with Gasteiger partial charge in [0.15, 0.2) is 5.13 Å². The number of isothiocyanates is 1. The molecule has 1 aromatic carbocycles. The van der Waals surface area contributed by atoms with Crippen molar-refractivity contribution in [1.82, 2.24) is 34.8 Å². The van der Waals surface area contributed by atoms with Gasteiger partial charge in [0.2, 0.25) is 0 Å². The van der Waals surface area contributed by atoms with E-state index in [1.165, 1.54) is 11.3 Å². The molecule has 0 unspecified atom stereocenters. The van der Waals surface area contributed by atoms with Crippen LogP contribution in [0.5, 0.6) is 0 Å². The van der Waals surface area contributed by atoms with E-state index in [1.807, 2.05) is 44.3 Å². The molecule has 3 aromatic heterocycles. The van der Waals surface area contributed by atoms with Crippen LogP contribution in [0.4, 0.5) is 16.8 Å². The average molecular weight is 553 g/mol. The maximum Gasteiger partial charge on any atom is 0.188 e. The molecule has 0 spiro atoms. The van der Waals surface area contributed by atoms with Crippen LogP contribution >= 0.6 is 35.2 Å². The second kappa shape index (κ2) is 11.4. The van der Waals surface area contributed by atoms with E-state index in [1.54, 1.807) is 10.9 Å². The lowest BCUT2D eigenvalue weighted by Gasteiger charge is -2.35. The first-order valence-corrected chi connectivity index (χ1v) is 13.4. The van der Waals surface area contributed by atoms with Gasteiger partial charge in [0.25, 0.3) is 0 Å². The number of aryl methyl sites for hydroxylation is 2. The van der Waals surface area contributed by atoms with Crippen molar-refractivity contribution in [2.45, 2.75) is 13.8 Å². The van der Waals surface area contributed by atoms with E-state index >= 15 is 0 Å². The highest BCUT2D eigenvalue weighted by Crippen LogP contribution is 2.31. The Bertz CT molecular complexity index is 1420. The predicted octanol–water partition coefficient (Wildman–Crippen LogP) is 4.42. The monoisotopic (exact) mass is 552 g/mol. The van der Waals surface area contributed by atoms with Gasteiger partial charge in [0, 0.05) is 45.0 Å². The molecule has 4 aromatic rings. The standard InChI is InChI=1S/C24H25ClN10S2/c1-16-4-3-5-18(25)23(16)35-14-19(31-32-35)20-13-27-24(37-20)30-21-12-22(29-17(2)28-21)34-10-8-33(9-11-34)7-6-26-15-36/h3-5,12-14H,6-11H2,1-2H3,(H,27,28,29,30). The number of hydrogen-bond acceptors (Lipinski definition) is 11. The third-order valence-corrected chi connectivity index (χ3v) is 7.39. The largest absolute Gasteiger partial charge is 0.354 e. The minimum Gasteiger partial charge on any atom is -0.354 e. The van der Waals surface area contributed by atoms with Crippen LogP contribution < -0.4 is 10.2 Å². The fourth-order valence-electron chi connectivity index (χ4n) is 4.17. The highest BCUT2D eigenvalue weighted by atomic mass is 35.5. The number of aromatic nitrogens is 6. The van der Waals surface area contributed by atoms with Crippen molar-refractivity contribution < 1.29 is 0 Å². The Kier molecular flexibility index (Phi) is 7.82. The number of piperazine rings is 1. The Hall–Kier alpha value is -3.28. The van der Waals surface area contributed by atoms with E-state index in [9.17, 15) is 0 Å². The molecule has 10 nitrogen and oxygen atoms in total. The summed E-state index contributed by atoms with van der Waals surface area (Å²) in [5.41, 5.74) is 2.56. The van der Waals surface area contributed by atoms with Crippen LogP contribution in [0.2, 0.25) is 5.02 Å². The van der Waals surface area contributed by atoms with Gasteiger partial charge in [-0.25, -0.2) is 24.6 Å². The summed E-state index contributed by atoms with van der Waals surface area (Å²) in [6.07, 6.45) is 3.64. The van der Waals surface area contributed by atoms with Crippen LogP contribution in [0, 0.1) is 13.8 Å². The van der Waals surface area contributed by atoms with E-state index in [2.05, 4.69) is 62.8 Å². The Balaban J connectivity index is 1.27. The molecule has 1 N–H and O–H groups in total. The second-order valence-corrected chi connectivity index (χ2v) is 10.2. The molecule has 37 heavy (non-hydrogen) atoms. The Morgan fingerprint density at radius 2 is 2.03 bits per heavy atom. The van der Waals surface area contributed by atoms with Crippen molar-refractivity contribution >= 4 is 57.1 Å². The van der Waals surface area contributed by atoms with Crippen LogP contribution in [0.1, 0.15) is 11.4 Å². The van der Waals surface area contributed by atoms with E-state index in [0.717, 1.165) is 60.4 Å². The lowest BCUT2D eigenvalue weighted by molar-refractivity contribution is 0.264. The number of thiazole rings is 1. The fourth-order valence-corrected chi connectivity index (χ4v) is 5.35. The molecule has 0 bridgehead atoms. The Labute approximate surface area is 229 Å². The van der Waals surface area contributed by atoms with Gasteiger partial charge in [0.1, 0.15) is 23.2 Å². The summed E-state index contributed by atoms with van der Waals surface area (Å²) in [5, 5.41) is 15.7. The van der Waals surface area contributed by atoms with Gasteiger partial charge in [-0.05, 0) is 37.7 Å². The van der Waals surface area contributed by atoms with Gasteiger partial charge < -0.3 is 10.2 Å². The number of aliphatic imine (C=N–C) groups is 1. The van der Waals surface area contributed by atoms with Gasteiger partial charge in [-0.1, -0.05) is 40.3 Å². The molecule has 5 rings (SSSR count). The predicted molar refractivity (Wildman–Crippen MR) is 151 cm³/mol. The molecule has 1 saturated heterocycles. The van der Waals surface area contributed by atoms with Gasteiger partial charge in [-0.2, -0.15) is 0 Å². The number of anilines is 3. The number of thiocarbonyl (C=S) groups is 1. The van der Waals surface area contributed by atoms with Crippen LogP contribution in [0.15, 0.2) is 41.7 Å². The maximum absolute atomic E-state index is 6.39. The second-order valence-electron chi connectivity index (χ2n) is 8.57. The molecule has 0 radical (unpaired) electrons. The average Bonchev–Trinajstić information content (AvgIpc) is 3.54. The van der Waals surface area contributed by atoms with Gasteiger partial charge in [-0.3, -0.25) is 4.90 Å². The van der Waals surface area contributed by atoms with E-state index in [4.69, 9.17) is 11.6 Å². The molecular formula is C24H25ClN10S2. The molecule has 1 fully saturated rings. The van der Waals surface area contributed by atoms with Crippen molar-refractivity contribution in [2.24, 2.45) is 4.99 Å². The summed E-state index contributed by atoms with van der Waals surface area (Å²) < 4.78 is 1.70. The Morgan fingerprint density at radius 3 is 2.81 bits per heavy atom. The van der Waals surface area contributed by atoms with Crippen LogP contribution in [-0.2, 0) is 0 Å². The number of benzene rings is 1. The number of halogens is 1. The lowest BCUT2D eigenvalue weighted by Crippen LogP contribution is -2.47. The first-order chi connectivity index (χ1) is 18.0. The van der Waals surface area contributed by atoms with Crippen molar-refractivity contribution in [3.05, 3.63) is 53.1 Å². The van der Waals surface area contributed by atoms with Crippen molar-refractivity contribution in [2.75, 3.05) is 49.5 Å². The summed E-state index contributed by atoms with van der Waals surface area (Å²) in [4.78, 5) is 23.3. The third-order valence-electron chi connectivity index (χ3n) is 6.02. The molecule has 0 saturated carbocycles. The SMILES string of the molecule is Cc1nc(Nc2ncc(-c3cn(-c4c(C)cccc4Cl)nn3)s2)cc(N2CCN(CCN=C=S)CC2)n1. The fraction of sp³-hybridized carbons (Fsp3) is 0.333. The first-order valence-electron chi connectivity index (χ1n) is 11.8. The number of rotatable bonds is 8. The van der Waals surface area contributed by atoms with Gasteiger partial charge in [0.05, 0.1) is 33.5 Å². The molecule has 1 aliphatic rings. The van der Waals surface area contributed by atoms with Gasteiger partial charge >= 0.3 is 0 Å². The van der Waals surface area contributed by atoms with Crippen molar-refractivity contribution in [1.29, 1.82) is 0 Å². The topological polar surface area (TPSA) is 100 Å². The van der Waals surface area contributed by atoms with E-state index in [-0.39, 0.29) is 0 Å². The van der Waals surface area contributed by atoms with Crippen LogP contribution in [-0.4, -0.2) is 79.3 Å². The van der Waals surface area contributed by atoms with Gasteiger partial charge in [-0.15, -0.1) is 5.10 Å². The zero-order valence-corrected chi connectivity index (χ0v) is 22.8. The zero-order valence-electron chi connectivity index (χ0n) is 20.4. The lowest BCUT2D eigenvalue weighted by atomic mass is 10.2. The molecular weight excluding hydrogens is 528 g/mol. The number of nitrogens with one attached hydrogen (secondary N) is 1.